The quantitative estimate of drug-likeness (QED) is 0.819. The first-order valence-corrected chi connectivity index (χ1v) is 8.19. The minimum Gasteiger partial charge on any atom is -0.485 e. The van der Waals surface area contributed by atoms with E-state index in [9.17, 15) is 4.79 Å². The van der Waals surface area contributed by atoms with E-state index in [2.05, 4.69) is 18.8 Å². The van der Waals surface area contributed by atoms with Gasteiger partial charge in [0.25, 0.3) is 5.91 Å². The summed E-state index contributed by atoms with van der Waals surface area (Å²) in [6.45, 7) is 5.52. The lowest BCUT2D eigenvalue weighted by atomic mass is 10.0. The van der Waals surface area contributed by atoms with Gasteiger partial charge in [0.15, 0.2) is 6.61 Å². The van der Waals surface area contributed by atoms with Gasteiger partial charge in [-0.05, 0) is 35.7 Å². The smallest absolute Gasteiger partial charge is 0.260 e. The fourth-order valence-electron chi connectivity index (χ4n) is 2.51. The van der Waals surface area contributed by atoms with Crippen LogP contribution in [0.1, 0.15) is 25.3 Å². The van der Waals surface area contributed by atoms with Crippen LogP contribution in [0, 0.1) is 0 Å². The van der Waals surface area contributed by atoms with Crippen molar-refractivity contribution in [3.63, 3.8) is 0 Å². The number of pyridine rings is 1. The van der Waals surface area contributed by atoms with Gasteiger partial charge in [0, 0.05) is 6.20 Å². The number of aromatic nitrogens is 1. The van der Waals surface area contributed by atoms with Crippen LogP contribution in [-0.2, 0) is 4.79 Å². The third-order valence-electron chi connectivity index (χ3n) is 4.05. The van der Waals surface area contributed by atoms with Crippen molar-refractivity contribution in [2.24, 2.45) is 0 Å². The van der Waals surface area contributed by atoms with Gasteiger partial charge < -0.3 is 14.4 Å². The van der Waals surface area contributed by atoms with Crippen LogP contribution in [0.2, 0.25) is 0 Å². The average molecular weight is 326 g/mol. The van der Waals surface area contributed by atoms with Gasteiger partial charge in [0.05, 0.1) is 19.3 Å². The predicted molar refractivity (Wildman–Crippen MR) is 91.3 cm³/mol. The predicted octanol–water partition coefficient (Wildman–Crippen LogP) is 2.87. The number of ether oxygens (including phenoxy) is 2. The first kappa shape index (κ1) is 16.3. The Labute approximate surface area is 142 Å². The number of nitrogens with zero attached hydrogens (tertiary/aromatic N) is 2. The molecule has 0 bridgehead atoms. The molecule has 0 N–H and O–H groups in total. The van der Waals surface area contributed by atoms with Crippen LogP contribution in [0.5, 0.6) is 11.5 Å². The van der Waals surface area contributed by atoms with E-state index < -0.39 is 0 Å². The molecule has 1 amide bonds. The van der Waals surface area contributed by atoms with Crippen molar-refractivity contribution in [3.05, 3.63) is 54.4 Å². The van der Waals surface area contributed by atoms with Crippen LogP contribution < -0.4 is 9.47 Å². The maximum Gasteiger partial charge on any atom is 0.260 e. The van der Waals surface area contributed by atoms with Crippen molar-refractivity contribution in [1.82, 2.24) is 9.88 Å². The van der Waals surface area contributed by atoms with Crippen LogP contribution in [-0.4, -0.2) is 41.6 Å². The zero-order valence-electron chi connectivity index (χ0n) is 14.0. The largest absolute Gasteiger partial charge is 0.485 e. The Morgan fingerprint density at radius 2 is 1.96 bits per heavy atom. The second kappa shape index (κ2) is 7.34. The normalized spacial score (nSPS) is 14.4. The fraction of sp³-hybridized carbons (Fsp3) is 0.368. The lowest BCUT2D eigenvalue weighted by Crippen LogP contribution is -2.57. The molecule has 5 heteroatoms. The molecule has 1 aliphatic heterocycles. The van der Waals surface area contributed by atoms with Crippen LogP contribution >= 0.6 is 0 Å². The van der Waals surface area contributed by atoms with Crippen molar-refractivity contribution in [3.8, 4) is 11.5 Å². The Morgan fingerprint density at radius 1 is 1.21 bits per heavy atom. The van der Waals surface area contributed by atoms with Crippen LogP contribution in [0.4, 0.5) is 0 Å². The zero-order chi connectivity index (χ0) is 16.9. The summed E-state index contributed by atoms with van der Waals surface area (Å²) in [4.78, 5) is 17.8. The first-order valence-electron chi connectivity index (χ1n) is 8.19. The molecular weight excluding hydrogens is 304 g/mol. The lowest BCUT2D eigenvalue weighted by molar-refractivity contribution is -0.142. The fourth-order valence-corrected chi connectivity index (χ4v) is 2.51. The molecule has 1 aliphatic rings. The van der Waals surface area contributed by atoms with Gasteiger partial charge in [-0.25, -0.2) is 0 Å². The molecule has 0 unspecified atom stereocenters. The van der Waals surface area contributed by atoms with Gasteiger partial charge >= 0.3 is 0 Å². The number of benzene rings is 1. The molecule has 0 spiro atoms. The van der Waals surface area contributed by atoms with Gasteiger partial charge in [0.1, 0.15) is 17.6 Å². The number of carbonyl (C=O) groups excluding carboxylic acids is 1. The summed E-state index contributed by atoms with van der Waals surface area (Å²) in [6.07, 6.45) is 3.41. The van der Waals surface area contributed by atoms with Crippen molar-refractivity contribution >= 4 is 5.91 Å². The maximum atomic E-state index is 12.1. The number of hydrogen-bond acceptors (Lipinski definition) is 4. The van der Waals surface area contributed by atoms with E-state index in [1.165, 1.54) is 5.56 Å². The van der Waals surface area contributed by atoms with E-state index in [0.29, 0.717) is 19.0 Å². The standard InChI is InChI=1S/C19H22N2O3/c1-14(2)15-5-7-16(8-6-15)23-13-19(22)21-11-18(12-21)24-17-4-3-9-20-10-17/h3-10,14,18H,11-13H2,1-2H3. The summed E-state index contributed by atoms with van der Waals surface area (Å²) >= 11 is 0. The van der Waals surface area contributed by atoms with E-state index in [1.807, 2.05) is 36.4 Å². The highest BCUT2D eigenvalue weighted by atomic mass is 16.5. The Hall–Kier alpha value is -2.56. The molecule has 24 heavy (non-hydrogen) atoms. The number of amides is 1. The molecule has 1 aromatic heterocycles. The Kier molecular flexibility index (Phi) is 4.99. The molecule has 0 radical (unpaired) electrons. The van der Waals surface area contributed by atoms with E-state index in [0.717, 1.165) is 11.5 Å². The average Bonchev–Trinajstić information content (AvgIpc) is 2.57. The van der Waals surface area contributed by atoms with Crippen LogP contribution in [0.15, 0.2) is 48.8 Å². The zero-order valence-corrected chi connectivity index (χ0v) is 14.0. The van der Waals surface area contributed by atoms with Crippen molar-refractivity contribution in [2.75, 3.05) is 19.7 Å². The molecule has 5 nitrogen and oxygen atoms in total. The Balaban J connectivity index is 1.40. The summed E-state index contributed by atoms with van der Waals surface area (Å²) in [5, 5.41) is 0. The number of carbonyl (C=O) groups is 1. The molecule has 1 saturated heterocycles. The van der Waals surface area contributed by atoms with E-state index in [1.54, 1.807) is 17.3 Å². The van der Waals surface area contributed by atoms with Crippen molar-refractivity contribution in [1.29, 1.82) is 0 Å². The summed E-state index contributed by atoms with van der Waals surface area (Å²) < 4.78 is 11.3. The first-order chi connectivity index (χ1) is 11.6. The molecule has 2 aromatic rings. The second-order valence-electron chi connectivity index (χ2n) is 6.24. The summed E-state index contributed by atoms with van der Waals surface area (Å²) in [7, 11) is 0. The monoisotopic (exact) mass is 326 g/mol. The SMILES string of the molecule is CC(C)c1ccc(OCC(=O)N2CC(Oc3cccnc3)C2)cc1. The minimum absolute atomic E-state index is 0.0195. The molecule has 1 fully saturated rings. The molecule has 126 valence electrons. The summed E-state index contributed by atoms with van der Waals surface area (Å²) in [6, 6.07) is 11.6. The number of likely N-dealkylation sites (tertiary alicyclic amines) is 1. The van der Waals surface area contributed by atoms with Crippen molar-refractivity contribution in [2.45, 2.75) is 25.9 Å². The molecule has 1 aromatic carbocycles. The van der Waals surface area contributed by atoms with Gasteiger partial charge in [0.2, 0.25) is 0 Å². The third-order valence-corrected chi connectivity index (χ3v) is 4.05. The highest BCUT2D eigenvalue weighted by Crippen LogP contribution is 2.20. The molecule has 0 atom stereocenters. The summed E-state index contributed by atoms with van der Waals surface area (Å²) in [5.41, 5.74) is 1.26. The number of rotatable bonds is 6. The second-order valence-corrected chi connectivity index (χ2v) is 6.24. The maximum absolute atomic E-state index is 12.1. The third kappa shape index (κ3) is 4.04. The van der Waals surface area contributed by atoms with Gasteiger partial charge in [-0.15, -0.1) is 0 Å². The lowest BCUT2D eigenvalue weighted by Gasteiger charge is -2.38. The molecule has 0 saturated carbocycles. The molecule has 2 heterocycles. The van der Waals surface area contributed by atoms with E-state index >= 15 is 0 Å². The number of hydrogen-bond donors (Lipinski definition) is 0. The van der Waals surface area contributed by atoms with Crippen LogP contribution in [0.3, 0.4) is 0 Å². The van der Waals surface area contributed by atoms with Crippen LogP contribution in [0.25, 0.3) is 0 Å². The Bertz CT molecular complexity index is 665. The van der Waals surface area contributed by atoms with E-state index in [-0.39, 0.29) is 18.6 Å². The van der Waals surface area contributed by atoms with Gasteiger partial charge in [-0.3, -0.25) is 9.78 Å². The Morgan fingerprint density at radius 3 is 2.58 bits per heavy atom. The molecule has 0 aliphatic carbocycles. The highest BCUT2D eigenvalue weighted by molar-refractivity contribution is 5.78. The molecule has 3 rings (SSSR count). The van der Waals surface area contributed by atoms with Gasteiger partial charge in [-0.1, -0.05) is 26.0 Å². The summed E-state index contributed by atoms with van der Waals surface area (Å²) in [5.74, 6) is 1.92. The minimum atomic E-state index is -0.0195. The molecular formula is C19H22N2O3. The topological polar surface area (TPSA) is 51.7 Å². The highest BCUT2D eigenvalue weighted by Gasteiger charge is 2.32. The van der Waals surface area contributed by atoms with Crippen molar-refractivity contribution < 1.29 is 14.3 Å². The van der Waals surface area contributed by atoms with E-state index in [4.69, 9.17) is 9.47 Å². The van der Waals surface area contributed by atoms with Gasteiger partial charge in [-0.2, -0.15) is 0 Å².